The zero-order valence-electron chi connectivity index (χ0n) is 12.1. The summed E-state index contributed by atoms with van der Waals surface area (Å²) in [6, 6.07) is 6.03. The van der Waals surface area contributed by atoms with Crippen molar-refractivity contribution >= 4 is 34.7 Å². The molecule has 2 aromatic rings. The van der Waals surface area contributed by atoms with E-state index in [1.54, 1.807) is 23.3 Å². The lowest BCUT2D eigenvalue weighted by atomic mass is 9.96. The molecule has 106 valence electrons. The Hall–Kier alpha value is -1.33. The zero-order chi connectivity index (χ0) is 14.8. The van der Waals surface area contributed by atoms with E-state index in [0.29, 0.717) is 5.01 Å². The van der Waals surface area contributed by atoms with Crippen molar-refractivity contribution in [2.75, 3.05) is 11.6 Å². The molecule has 20 heavy (non-hydrogen) atoms. The van der Waals surface area contributed by atoms with E-state index in [0.717, 1.165) is 11.3 Å². The average Bonchev–Trinajstić information content (AvgIpc) is 2.95. The summed E-state index contributed by atoms with van der Waals surface area (Å²) in [6.45, 7) is 6.42. The zero-order valence-corrected chi connectivity index (χ0v) is 13.7. The molecule has 1 N–H and O–H groups in total. The molecule has 0 unspecified atom stereocenters. The third kappa shape index (κ3) is 3.04. The normalized spacial score (nSPS) is 11.4. The number of benzene rings is 1. The first kappa shape index (κ1) is 15.1. The quantitative estimate of drug-likeness (QED) is 0.915. The lowest BCUT2D eigenvalue weighted by molar-refractivity contribution is 0.102. The second-order valence-corrected chi connectivity index (χ2v) is 7.31. The van der Waals surface area contributed by atoms with Crippen molar-refractivity contribution in [3.63, 3.8) is 0 Å². The molecule has 0 spiro atoms. The Morgan fingerprint density at radius 3 is 2.75 bits per heavy atom. The molecular weight excluding hydrogens is 288 g/mol. The standard InChI is InChI=1S/C15H18N2OS2/c1-10-11(15(2,3)19-4)6-5-7-12(10)17-13(18)14-16-8-9-20-14/h5-9H,1-4H3,(H,17,18). The number of thiazole rings is 1. The Bertz CT molecular complexity index is 606. The Morgan fingerprint density at radius 1 is 1.40 bits per heavy atom. The molecule has 1 aromatic carbocycles. The van der Waals surface area contributed by atoms with Gasteiger partial charge in [-0.3, -0.25) is 4.79 Å². The maximum absolute atomic E-state index is 12.1. The number of nitrogens with one attached hydrogen (secondary N) is 1. The van der Waals surface area contributed by atoms with Crippen molar-refractivity contribution in [1.82, 2.24) is 4.98 Å². The number of rotatable bonds is 4. The van der Waals surface area contributed by atoms with Gasteiger partial charge in [-0.1, -0.05) is 12.1 Å². The van der Waals surface area contributed by atoms with Gasteiger partial charge in [-0.2, -0.15) is 11.8 Å². The van der Waals surface area contributed by atoms with Gasteiger partial charge in [-0.25, -0.2) is 4.98 Å². The molecule has 3 nitrogen and oxygen atoms in total. The minimum Gasteiger partial charge on any atom is -0.320 e. The Kier molecular flexibility index (Phi) is 4.50. The SMILES string of the molecule is CSC(C)(C)c1cccc(NC(=O)c2nccs2)c1C. The van der Waals surface area contributed by atoms with Crippen LogP contribution in [0.2, 0.25) is 0 Å². The number of hydrogen-bond donors (Lipinski definition) is 1. The fourth-order valence-electron chi connectivity index (χ4n) is 2.04. The number of anilines is 1. The summed E-state index contributed by atoms with van der Waals surface area (Å²) in [4.78, 5) is 16.1. The number of thioether (sulfide) groups is 1. The van der Waals surface area contributed by atoms with Crippen LogP contribution in [0.3, 0.4) is 0 Å². The molecule has 2 rings (SSSR count). The maximum atomic E-state index is 12.1. The summed E-state index contributed by atoms with van der Waals surface area (Å²) in [6.07, 6.45) is 3.74. The third-order valence-electron chi connectivity index (χ3n) is 3.37. The van der Waals surface area contributed by atoms with E-state index >= 15 is 0 Å². The molecule has 0 fully saturated rings. The highest BCUT2D eigenvalue weighted by molar-refractivity contribution is 7.99. The molecule has 0 aliphatic heterocycles. The minimum absolute atomic E-state index is 0.0198. The van der Waals surface area contributed by atoms with E-state index in [1.807, 2.05) is 19.1 Å². The molecule has 1 aromatic heterocycles. The van der Waals surface area contributed by atoms with E-state index in [1.165, 1.54) is 16.9 Å². The first-order chi connectivity index (χ1) is 9.45. The highest BCUT2D eigenvalue weighted by Crippen LogP contribution is 2.37. The van der Waals surface area contributed by atoms with Crippen molar-refractivity contribution in [3.8, 4) is 0 Å². The Morgan fingerprint density at radius 2 is 2.15 bits per heavy atom. The van der Waals surface area contributed by atoms with Gasteiger partial charge in [0.2, 0.25) is 0 Å². The van der Waals surface area contributed by atoms with Gasteiger partial charge >= 0.3 is 0 Å². The molecule has 0 radical (unpaired) electrons. The van der Waals surface area contributed by atoms with Crippen molar-refractivity contribution < 1.29 is 4.79 Å². The van der Waals surface area contributed by atoms with Crippen LogP contribution in [0, 0.1) is 6.92 Å². The first-order valence-electron chi connectivity index (χ1n) is 6.32. The monoisotopic (exact) mass is 306 g/mol. The van der Waals surface area contributed by atoms with Crippen LogP contribution in [-0.2, 0) is 4.75 Å². The van der Waals surface area contributed by atoms with E-state index in [-0.39, 0.29) is 10.7 Å². The summed E-state index contributed by atoms with van der Waals surface area (Å²) in [5.74, 6) is -0.151. The van der Waals surface area contributed by atoms with Crippen molar-refractivity contribution in [2.45, 2.75) is 25.5 Å². The maximum Gasteiger partial charge on any atom is 0.284 e. The second-order valence-electron chi connectivity index (χ2n) is 4.98. The topological polar surface area (TPSA) is 42.0 Å². The summed E-state index contributed by atoms with van der Waals surface area (Å²) < 4.78 is 0.0198. The van der Waals surface area contributed by atoms with Crippen molar-refractivity contribution in [3.05, 3.63) is 45.9 Å². The molecule has 1 amide bonds. The van der Waals surface area contributed by atoms with Crippen LogP contribution in [0.25, 0.3) is 0 Å². The van der Waals surface area contributed by atoms with E-state index in [9.17, 15) is 4.79 Å². The van der Waals surface area contributed by atoms with Crippen LogP contribution in [0.5, 0.6) is 0 Å². The largest absolute Gasteiger partial charge is 0.320 e. The number of aromatic nitrogens is 1. The van der Waals surface area contributed by atoms with Crippen molar-refractivity contribution in [1.29, 1.82) is 0 Å². The fourth-order valence-corrected chi connectivity index (χ4v) is 3.02. The molecule has 0 aliphatic carbocycles. The van der Waals surface area contributed by atoms with E-state index in [2.05, 4.69) is 36.5 Å². The van der Waals surface area contributed by atoms with E-state index < -0.39 is 0 Å². The summed E-state index contributed by atoms with van der Waals surface area (Å²) in [7, 11) is 0. The van der Waals surface area contributed by atoms with Crippen LogP contribution in [0.15, 0.2) is 29.8 Å². The average molecular weight is 306 g/mol. The molecule has 1 heterocycles. The predicted octanol–water partition coefficient (Wildman–Crippen LogP) is 4.30. The van der Waals surface area contributed by atoms with Gasteiger partial charge in [-0.05, 0) is 44.2 Å². The number of hydrogen-bond acceptors (Lipinski definition) is 4. The second kappa shape index (κ2) is 5.97. The van der Waals surface area contributed by atoms with Gasteiger partial charge < -0.3 is 5.32 Å². The lowest BCUT2D eigenvalue weighted by Gasteiger charge is -2.26. The first-order valence-corrected chi connectivity index (χ1v) is 8.42. The van der Waals surface area contributed by atoms with Crippen LogP contribution >= 0.6 is 23.1 Å². The predicted molar refractivity (Wildman–Crippen MR) is 87.8 cm³/mol. The molecule has 0 atom stereocenters. The third-order valence-corrected chi connectivity index (χ3v) is 5.38. The lowest BCUT2D eigenvalue weighted by Crippen LogP contribution is -2.17. The van der Waals surface area contributed by atoms with Crippen LogP contribution in [0.4, 0.5) is 5.69 Å². The van der Waals surface area contributed by atoms with Crippen LogP contribution < -0.4 is 5.32 Å². The Labute approximate surface area is 127 Å². The van der Waals surface area contributed by atoms with Crippen LogP contribution in [-0.4, -0.2) is 17.1 Å². The van der Waals surface area contributed by atoms with Crippen LogP contribution in [0.1, 0.15) is 34.8 Å². The fraction of sp³-hybridized carbons (Fsp3) is 0.333. The van der Waals surface area contributed by atoms with Crippen molar-refractivity contribution in [2.24, 2.45) is 0 Å². The Balaban J connectivity index is 2.30. The highest BCUT2D eigenvalue weighted by Gasteiger charge is 2.22. The number of nitrogens with zero attached hydrogens (tertiary/aromatic N) is 1. The minimum atomic E-state index is -0.151. The van der Waals surface area contributed by atoms with Gasteiger partial charge in [0.1, 0.15) is 0 Å². The molecule has 0 aliphatic rings. The summed E-state index contributed by atoms with van der Waals surface area (Å²) in [5.41, 5.74) is 3.20. The molecule has 0 bridgehead atoms. The summed E-state index contributed by atoms with van der Waals surface area (Å²) >= 11 is 3.14. The molecule has 0 saturated carbocycles. The number of carbonyl (C=O) groups is 1. The van der Waals surface area contributed by atoms with Gasteiger partial charge in [-0.15, -0.1) is 11.3 Å². The van der Waals surface area contributed by atoms with Gasteiger partial charge in [0.05, 0.1) is 0 Å². The smallest absolute Gasteiger partial charge is 0.284 e. The number of carbonyl (C=O) groups excluding carboxylic acids is 1. The highest BCUT2D eigenvalue weighted by atomic mass is 32.2. The molecular formula is C15H18N2OS2. The van der Waals surface area contributed by atoms with Gasteiger partial charge in [0, 0.05) is 22.0 Å². The number of amides is 1. The summed E-state index contributed by atoms with van der Waals surface area (Å²) in [5, 5.41) is 5.23. The van der Waals surface area contributed by atoms with E-state index in [4.69, 9.17) is 0 Å². The molecule has 5 heteroatoms. The van der Waals surface area contributed by atoms with Gasteiger partial charge in [0.25, 0.3) is 5.91 Å². The van der Waals surface area contributed by atoms with Gasteiger partial charge in [0.15, 0.2) is 5.01 Å². The molecule has 0 saturated heterocycles.